The molecule has 1 rings (SSSR count). The van der Waals surface area contributed by atoms with Crippen LogP contribution in [0.4, 0.5) is 11.4 Å². The second-order valence-corrected chi connectivity index (χ2v) is 4.56. The van der Waals surface area contributed by atoms with E-state index in [1.165, 1.54) is 13.2 Å². The molecule has 0 aliphatic heterocycles. The van der Waals surface area contributed by atoms with Gasteiger partial charge in [0.1, 0.15) is 0 Å². The highest BCUT2D eigenvalue weighted by Crippen LogP contribution is 2.29. The van der Waals surface area contributed by atoms with Crippen LogP contribution in [0.25, 0.3) is 0 Å². The Morgan fingerprint density at radius 2 is 2.29 bits per heavy atom. The lowest BCUT2D eigenvalue weighted by Gasteiger charge is -2.14. The maximum atomic E-state index is 10.7. The molecule has 0 radical (unpaired) electrons. The molecule has 94 valence electrons. The van der Waals surface area contributed by atoms with Crippen LogP contribution in [-0.4, -0.2) is 30.1 Å². The Balaban J connectivity index is 2.86. The van der Waals surface area contributed by atoms with E-state index in [4.69, 9.17) is 4.74 Å². The van der Waals surface area contributed by atoms with E-state index in [1.807, 2.05) is 6.26 Å². The van der Waals surface area contributed by atoms with E-state index in [0.29, 0.717) is 6.04 Å². The van der Waals surface area contributed by atoms with Crippen LogP contribution < -0.4 is 10.1 Å². The van der Waals surface area contributed by atoms with Crippen LogP contribution in [0.3, 0.4) is 0 Å². The van der Waals surface area contributed by atoms with Crippen LogP contribution in [-0.2, 0) is 0 Å². The van der Waals surface area contributed by atoms with Gasteiger partial charge in [0.25, 0.3) is 0 Å². The van der Waals surface area contributed by atoms with Crippen molar-refractivity contribution in [1.29, 1.82) is 0 Å². The highest BCUT2D eigenvalue weighted by molar-refractivity contribution is 7.98. The summed E-state index contributed by atoms with van der Waals surface area (Å²) in [6, 6.07) is 5.09. The fourth-order valence-electron chi connectivity index (χ4n) is 1.49. The van der Waals surface area contributed by atoms with E-state index >= 15 is 0 Å². The molecular weight excluding hydrogens is 240 g/mol. The van der Waals surface area contributed by atoms with Crippen LogP contribution in [0, 0.1) is 10.1 Å². The number of thioether (sulfide) groups is 1. The van der Waals surface area contributed by atoms with Gasteiger partial charge in [-0.3, -0.25) is 10.1 Å². The van der Waals surface area contributed by atoms with Gasteiger partial charge in [0.05, 0.1) is 12.0 Å². The first-order valence-corrected chi connectivity index (χ1v) is 6.55. The number of nitro groups is 1. The molecule has 0 aliphatic rings. The van der Waals surface area contributed by atoms with Crippen molar-refractivity contribution in [2.75, 3.05) is 24.4 Å². The average molecular weight is 256 g/mol. The molecule has 0 aliphatic carbocycles. The summed E-state index contributed by atoms with van der Waals surface area (Å²) in [6.07, 6.45) is 2.04. The Morgan fingerprint density at radius 1 is 1.59 bits per heavy atom. The van der Waals surface area contributed by atoms with Crippen LogP contribution in [0.2, 0.25) is 0 Å². The van der Waals surface area contributed by atoms with Gasteiger partial charge in [-0.1, -0.05) is 0 Å². The van der Waals surface area contributed by atoms with Crippen molar-refractivity contribution >= 4 is 23.1 Å². The maximum absolute atomic E-state index is 10.7. The van der Waals surface area contributed by atoms with E-state index in [1.54, 1.807) is 23.9 Å². The Labute approximate surface area is 105 Å². The minimum absolute atomic E-state index is 0.0180. The number of hydrogen-bond acceptors (Lipinski definition) is 5. The second-order valence-electron chi connectivity index (χ2n) is 3.64. The Morgan fingerprint density at radius 3 is 2.82 bits per heavy atom. The predicted molar refractivity (Wildman–Crippen MR) is 71.1 cm³/mol. The third-order valence-electron chi connectivity index (χ3n) is 2.21. The third kappa shape index (κ3) is 3.81. The number of nitro benzene ring substituents is 1. The second kappa shape index (κ2) is 6.34. The molecule has 0 amide bonds. The summed E-state index contributed by atoms with van der Waals surface area (Å²) in [7, 11) is 1.43. The first-order valence-electron chi connectivity index (χ1n) is 5.16. The molecule has 17 heavy (non-hydrogen) atoms. The Kier molecular flexibility index (Phi) is 5.09. The van der Waals surface area contributed by atoms with Gasteiger partial charge in [0.2, 0.25) is 0 Å². The molecule has 5 nitrogen and oxygen atoms in total. The zero-order chi connectivity index (χ0) is 12.8. The van der Waals surface area contributed by atoms with Crippen molar-refractivity contribution in [3.8, 4) is 5.75 Å². The zero-order valence-electron chi connectivity index (χ0n) is 10.1. The average Bonchev–Trinajstić information content (AvgIpc) is 2.28. The quantitative estimate of drug-likeness (QED) is 0.626. The first-order chi connectivity index (χ1) is 8.08. The molecule has 0 fully saturated rings. The van der Waals surface area contributed by atoms with Gasteiger partial charge in [-0.2, -0.15) is 11.8 Å². The van der Waals surface area contributed by atoms with Crippen LogP contribution in [0.5, 0.6) is 5.75 Å². The van der Waals surface area contributed by atoms with Crippen molar-refractivity contribution in [2.45, 2.75) is 13.0 Å². The topological polar surface area (TPSA) is 64.4 Å². The van der Waals surface area contributed by atoms with E-state index in [0.717, 1.165) is 11.4 Å². The Hall–Kier alpha value is -1.43. The van der Waals surface area contributed by atoms with Crippen LogP contribution >= 0.6 is 11.8 Å². The lowest BCUT2D eigenvalue weighted by Crippen LogP contribution is -2.17. The largest absolute Gasteiger partial charge is 0.490 e. The number of ether oxygens (including phenoxy) is 1. The molecule has 0 spiro atoms. The van der Waals surface area contributed by atoms with Crippen LogP contribution in [0.15, 0.2) is 18.2 Å². The summed E-state index contributed by atoms with van der Waals surface area (Å²) in [4.78, 5) is 10.3. The molecule has 0 saturated carbocycles. The minimum atomic E-state index is -0.450. The first kappa shape index (κ1) is 13.6. The van der Waals surface area contributed by atoms with Crippen molar-refractivity contribution in [3.05, 3.63) is 28.3 Å². The molecule has 1 atom stereocenters. The van der Waals surface area contributed by atoms with Gasteiger partial charge in [0, 0.05) is 29.6 Å². The number of benzene rings is 1. The van der Waals surface area contributed by atoms with E-state index in [-0.39, 0.29) is 11.4 Å². The molecular formula is C11H16N2O3S. The summed E-state index contributed by atoms with van der Waals surface area (Å²) in [5, 5.41) is 14.0. The number of methoxy groups -OCH3 is 1. The monoisotopic (exact) mass is 256 g/mol. The summed E-state index contributed by atoms with van der Waals surface area (Å²) < 4.78 is 5.00. The van der Waals surface area contributed by atoms with Gasteiger partial charge >= 0.3 is 5.69 Å². The third-order valence-corrected chi connectivity index (χ3v) is 3.04. The van der Waals surface area contributed by atoms with Crippen molar-refractivity contribution in [1.82, 2.24) is 0 Å². The standard InChI is InChI=1S/C11H16N2O3S/c1-8(7-17-3)12-9-4-5-10(13(14)15)11(6-9)16-2/h4-6,8,12H,7H2,1-3H3/t8-/m1/s1. The zero-order valence-corrected chi connectivity index (χ0v) is 10.9. The molecule has 0 heterocycles. The van der Waals surface area contributed by atoms with Gasteiger partial charge < -0.3 is 10.1 Å². The highest BCUT2D eigenvalue weighted by Gasteiger charge is 2.15. The maximum Gasteiger partial charge on any atom is 0.311 e. The predicted octanol–water partition coefficient (Wildman–Crippen LogP) is 2.77. The van der Waals surface area contributed by atoms with Gasteiger partial charge in [-0.05, 0) is 19.2 Å². The van der Waals surface area contributed by atoms with Gasteiger partial charge in [-0.25, -0.2) is 0 Å². The Bertz CT molecular complexity index is 398. The normalized spacial score (nSPS) is 11.9. The number of anilines is 1. The number of rotatable bonds is 6. The van der Waals surface area contributed by atoms with Crippen molar-refractivity contribution in [2.24, 2.45) is 0 Å². The van der Waals surface area contributed by atoms with Crippen molar-refractivity contribution < 1.29 is 9.66 Å². The molecule has 1 aromatic carbocycles. The molecule has 0 unspecified atom stereocenters. The minimum Gasteiger partial charge on any atom is -0.490 e. The fourth-order valence-corrected chi connectivity index (χ4v) is 2.08. The lowest BCUT2D eigenvalue weighted by molar-refractivity contribution is -0.385. The smallest absolute Gasteiger partial charge is 0.311 e. The molecule has 6 heteroatoms. The number of nitrogens with one attached hydrogen (secondary N) is 1. The SMILES string of the molecule is COc1cc(N[C@H](C)CSC)ccc1[N+](=O)[O-]. The van der Waals surface area contributed by atoms with E-state index in [9.17, 15) is 10.1 Å². The van der Waals surface area contributed by atoms with Crippen LogP contribution in [0.1, 0.15) is 6.92 Å². The number of hydrogen-bond donors (Lipinski definition) is 1. The molecule has 0 bridgehead atoms. The molecule has 1 N–H and O–H groups in total. The summed E-state index contributed by atoms with van der Waals surface area (Å²) in [6.45, 7) is 2.06. The highest BCUT2D eigenvalue weighted by atomic mass is 32.2. The van der Waals surface area contributed by atoms with Crippen molar-refractivity contribution in [3.63, 3.8) is 0 Å². The molecule has 0 aromatic heterocycles. The summed E-state index contributed by atoms with van der Waals surface area (Å²) in [5.41, 5.74) is 0.810. The van der Waals surface area contributed by atoms with Gasteiger partial charge in [0.15, 0.2) is 5.75 Å². The lowest BCUT2D eigenvalue weighted by atomic mass is 10.2. The summed E-state index contributed by atoms with van der Waals surface area (Å²) >= 11 is 1.74. The fraction of sp³-hybridized carbons (Fsp3) is 0.455. The van der Waals surface area contributed by atoms with Gasteiger partial charge in [-0.15, -0.1) is 0 Å². The van der Waals surface area contributed by atoms with E-state index < -0.39 is 4.92 Å². The molecule has 1 aromatic rings. The molecule has 0 saturated heterocycles. The summed E-state index contributed by atoms with van der Waals surface area (Å²) in [5.74, 6) is 1.25. The number of nitrogens with zero attached hydrogens (tertiary/aromatic N) is 1. The van der Waals surface area contributed by atoms with E-state index in [2.05, 4.69) is 12.2 Å².